The summed E-state index contributed by atoms with van der Waals surface area (Å²) in [6.45, 7) is 0. The van der Waals surface area contributed by atoms with E-state index in [0.717, 1.165) is 11.4 Å². The van der Waals surface area contributed by atoms with E-state index in [4.69, 9.17) is 22.5 Å². The van der Waals surface area contributed by atoms with Crippen molar-refractivity contribution in [2.45, 2.75) is 6.42 Å². The van der Waals surface area contributed by atoms with Gasteiger partial charge in [-0.15, -0.1) is 0 Å². The molecule has 0 amide bonds. The van der Waals surface area contributed by atoms with Crippen molar-refractivity contribution in [3.63, 3.8) is 0 Å². The second kappa shape index (κ2) is 3.77. The van der Waals surface area contributed by atoms with E-state index in [0.29, 0.717) is 17.7 Å². The monoisotopic (exact) mass is 248 g/mol. The van der Waals surface area contributed by atoms with Gasteiger partial charge in [0.1, 0.15) is 5.84 Å². The lowest BCUT2D eigenvalue weighted by Gasteiger charge is -2.06. The number of benzene rings is 1. The molecule has 0 radical (unpaired) electrons. The molecule has 2 aliphatic rings. The van der Waals surface area contributed by atoms with Gasteiger partial charge in [-0.1, -0.05) is 35.0 Å². The molecule has 0 aliphatic heterocycles. The lowest BCUT2D eigenvalue weighted by Crippen LogP contribution is -2.16. The molecule has 3 atom stereocenters. The van der Waals surface area contributed by atoms with Crippen molar-refractivity contribution in [1.82, 2.24) is 0 Å². The van der Waals surface area contributed by atoms with Gasteiger partial charge in [-0.3, -0.25) is 0 Å². The minimum atomic E-state index is 0.239. The Kier molecular flexibility index (Phi) is 2.37. The van der Waals surface area contributed by atoms with E-state index in [1.165, 1.54) is 11.1 Å². The smallest absolute Gasteiger partial charge is 0.143 e. The Hall–Kier alpha value is -1.48. The zero-order chi connectivity index (χ0) is 12.0. The number of nitrogens with two attached hydrogens (primary N) is 1. The van der Waals surface area contributed by atoms with Gasteiger partial charge < -0.3 is 10.9 Å². The number of hydrogen-bond donors (Lipinski definition) is 2. The maximum absolute atomic E-state index is 8.64. The van der Waals surface area contributed by atoms with E-state index in [9.17, 15) is 0 Å². The van der Waals surface area contributed by atoms with Gasteiger partial charge >= 0.3 is 0 Å². The van der Waals surface area contributed by atoms with Gasteiger partial charge in [0.2, 0.25) is 0 Å². The number of amidine groups is 1. The summed E-state index contributed by atoms with van der Waals surface area (Å²) >= 11 is 5.97. The number of rotatable bonds is 2. The summed E-state index contributed by atoms with van der Waals surface area (Å²) in [5.41, 5.74) is 8.13. The normalized spacial score (nSPS) is 31.0. The minimum absolute atomic E-state index is 0.239. The number of oxime groups is 1. The fraction of sp³-hybridized carbons (Fsp3) is 0.308. The molecule has 4 heteroatoms. The van der Waals surface area contributed by atoms with Gasteiger partial charge in [0.05, 0.1) is 0 Å². The van der Waals surface area contributed by atoms with Gasteiger partial charge in [0.25, 0.3) is 0 Å². The lowest BCUT2D eigenvalue weighted by molar-refractivity contribution is 0.316. The molecule has 88 valence electrons. The standard InChI is InChI=1S/C13H13ClN2O/c14-9-3-1-2-7(4-9)8-5-10-11(6-8)12(10)13(15)16-17/h1-5,10-12,17H,6H2,(H2,15,16)/t10-,11+,12+/m0/s1. The zero-order valence-electron chi connectivity index (χ0n) is 9.18. The largest absolute Gasteiger partial charge is 0.409 e. The third kappa shape index (κ3) is 1.71. The average molecular weight is 249 g/mol. The highest BCUT2D eigenvalue weighted by molar-refractivity contribution is 6.30. The van der Waals surface area contributed by atoms with Crippen LogP contribution < -0.4 is 5.73 Å². The van der Waals surface area contributed by atoms with Crippen molar-refractivity contribution in [2.75, 3.05) is 0 Å². The van der Waals surface area contributed by atoms with Crippen molar-refractivity contribution < 1.29 is 5.21 Å². The molecule has 1 aromatic rings. The maximum atomic E-state index is 8.64. The third-order valence-corrected chi connectivity index (χ3v) is 3.97. The Morgan fingerprint density at radius 1 is 1.47 bits per heavy atom. The molecule has 1 fully saturated rings. The number of halogens is 1. The van der Waals surface area contributed by atoms with Gasteiger partial charge in [-0.2, -0.15) is 0 Å². The van der Waals surface area contributed by atoms with Gasteiger partial charge in [-0.05, 0) is 41.5 Å². The first-order valence-corrected chi connectivity index (χ1v) is 6.02. The average Bonchev–Trinajstić information content (AvgIpc) is 2.82. The van der Waals surface area contributed by atoms with E-state index in [-0.39, 0.29) is 5.92 Å². The van der Waals surface area contributed by atoms with Crippen LogP contribution in [0, 0.1) is 17.8 Å². The van der Waals surface area contributed by atoms with Crippen LogP contribution in [-0.2, 0) is 0 Å². The van der Waals surface area contributed by atoms with Crippen molar-refractivity contribution in [3.05, 3.63) is 40.9 Å². The number of nitrogens with zero attached hydrogens (tertiary/aromatic N) is 1. The molecule has 0 spiro atoms. The number of hydrogen-bond acceptors (Lipinski definition) is 2. The van der Waals surface area contributed by atoms with Gasteiger partial charge in [0.15, 0.2) is 0 Å². The van der Waals surface area contributed by atoms with Gasteiger partial charge in [0, 0.05) is 10.9 Å². The van der Waals surface area contributed by atoms with E-state index in [1.807, 2.05) is 18.2 Å². The molecule has 2 aliphatic carbocycles. The second-order valence-corrected chi connectivity index (χ2v) is 5.13. The van der Waals surface area contributed by atoms with Crippen LogP contribution in [0.1, 0.15) is 12.0 Å². The van der Waals surface area contributed by atoms with E-state index in [1.54, 1.807) is 0 Å². The summed E-state index contributed by atoms with van der Waals surface area (Å²) in [6.07, 6.45) is 3.23. The lowest BCUT2D eigenvalue weighted by atomic mass is 10.0. The second-order valence-electron chi connectivity index (χ2n) is 4.70. The molecule has 0 saturated heterocycles. The first-order chi connectivity index (χ1) is 8.20. The van der Waals surface area contributed by atoms with E-state index < -0.39 is 0 Å². The first kappa shape index (κ1) is 10.7. The van der Waals surface area contributed by atoms with E-state index in [2.05, 4.69) is 17.3 Å². The maximum Gasteiger partial charge on any atom is 0.143 e. The quantitative estimate of drug-likeness (QED) is 0.366. The summed E-state index contributed by atoms with van der Waals surface area (Å²) in [7, 11) is 0. The van der Waals surface area contributed by atoms with Crippen molar-refractivity contribution in [1.29, 1.82) is 0 Å². The highest BCUT2D eigenvalue weighted by atomic mass is 35.5. The van der Waals surface area contributed by atoms with Crippen LogP contribution in [0.15, 0.2) is 35.5 Å². The van der Waals surface area contributed by atoms with Crippen molar-refractivity contribution in [3.8, 4) is 0 Å². The summed E-state index contributed by atoms with van der Waals surface area (Å²) in [5, 5.41) is 12.5. The van der Waals surface area contributed by atoms with Crippen LogP contribution in [0.3, 0.4) is 0 Å². The summed E-state index contributed by atoms with van der Waals surface area (Å²) in [5.74, 6) is 1.56. The van der Waals surface area contributed by atoms with Crippen molar-refractivity contribution >= 4 is 23.0 Å². The van der Waals surface area contributed by atoms with Crippen LogP contribution >= 0.6 is 11.6 Å². The van der Waals surface area contributed by atoms with Crippen molar-refractivity contribution in [2.24, 2.45) is 28.6 Å². The van der Waals surface area contributed by atoms with E-state index >= 15 is 0 Å². The Labute approximate surface area is 105 Å². The number of allylic oxidation sites excluding steroid dienone is 2. The predicted molar refractivity (Wildman–Crippen MR) is 67.9 cm³/mol. The molecular weight excluding hydrogens is 236 g/mol. The van der Waals surface area contributed by atoms with Gasteiger partial charge in [-0.25, -0.2) is 0 Å². The van der Waals surface area contributed by atoms with Crippen LogP contribution in [0.2, 0.25) is 5.02 Å². The Morgan fingerprint density at radius 2 is 2.29 bits per heavy atom. The highest BCUT2D eigenvalue weighted by Crippen LogP contribution is 2.58. The molecule has 3 N–H and O–H groups in total. The SMILES string of the molecule is N/C(=N\O)[C@@H]1[C@H]2C=C(c3cccc(Cl)c3)C[C@H]21. The fourth-order valence-corrected chi connectivity index (χ4v) is 3.02. The molecule has 17 heavy (non-hydrogen) atoms. The molecule has 0 heterocycles. The molecule has 3 rings (SSSR count). The molecule has 0 unspecified atom stereocenters. The highest BCUT2D eigenvalue weighted by Gasteiger charge is 2.54. The Bertz CT molecular complexity index is 524. The topological polar surface area (TPSA) is 58.6 Å². The molecule has 3 nitrogen and oxygen atoms in total. The van der Waals surface area contributed by atoms with Crippen LogP contribution in [0.5, 0.6) is 0 Å². The minimum Gasteiger partial charge on any atom is -0.409 e. The Balaban J connectivity index is 1.80. The first-order valence-electron chi connectivity index (χ1n) is 5.65. The summed E-state index contributed by atoms with van der Waals surface area (Å²) in [6, 6.07) is 7.89. The third-order valence-electron chi connectivity index (χ3n) is 3.73. The molecule has 1 saturated carbocycles. The van der Waals surface area contributed by atoms with Crippen LogP contribution in [0.4, 0.5) is 0 Å². The molecule has 0 aromatic heterocycles. The fourth-order valence-electron chi connectivity index (χ4n) is 2.83. The molecule has 0 bridgehead atoms. The summed E-state index contributed by atoms with van der Waals surface area (Å²) < 4.78 is 0. The predicted octanol–water partition coefficient (Wildman–Crippen LogP) is 2.74. The number of fused-ring (bicyclic) bond motifs is 1. The summed E-state index contributed by atoms with van der Waals surface area (Å²) in [4.78, 5) is 0. The Morgan fingerprint density at radius 3 is 2.88 bits per heavy atom. The van der Waals surface area contributed by atoms with Crippen LogP contribution in [0.25, 0.3) is 5.57 Å². The van der Waals surface area contributed by atoms with Crippen LogP contribution in [-0.4, -0.2) is 11.0 Å². The zero-order valence-corrected chi connectivity index (χ0v) is 9.93. The molecular formula is C13H13ClN2O. The molecule has 1 aromatic carbocycles.